The molecule has 2 aromatic carbocycles. The molecule has 0 fully saturated rings. The van der Waals surface area contributed by atoms with Crippen LogP contribution >= 0.6 is 15.9 Å². The molecule has 168 valence electrons. The molecule has 1 aromatic heterocycles. The van der Waals surface area contributed by atoms with Gasteiger partial charge in [0, 0.05) is 22.2 Å². The van der Waals surface area contributed by atoms with E-state index in [1.807, 2.05) is 0 Å². The summed E-state index contributed by atoms with van der Waals surface area (Å²) in [4.78, 5) is 23.3. The van der Waals surface area contributed by atoms with Crippen molar-refractivity contribution in [3.05, 3.63) is 80.5 Å². The van der Waals surface area contributed by atoms with Crippen LogP contribution in [-0.4, -0.2) is 25.0 Å². The first-order chi connectivity index (χ1) is 15.5. The van der Waals surface area contributed by atoms with Gasteiger partial charge in [-0.25, -0.2) is 13.6 Å². The predicted octanol–water partition coefficient (Wildman–Crippen LogP) is 4.07. The van der Waals surface area contributed by atoms with Gasteiger partial charge >= 0.3 is 0 Å². The lowest BCUT2D eigenvalue weighted by molar-refractivity contribution is -0.384. The zero-order valence-electron chi connectivity index (χ0n) is 16.9. The van der Waals surface area contributed by atoms with Crippen molar-refractivity contribution in [2.45, 2.75) is 11.8 Å². The number of amides is 1. The lowest BCUT2D eigenvalue weighted by Gasteiger charge is -2.11. The first-order valence-corrected chi connectivity index (χ1v) is 11.7. The molecule has 10 nitrogen and oxygen atoms in total. The summed E-state index contributed by atoms with van der Waals surface area (Å²) < 4.78 is 29.2. The van der Waals surface area contributed by atoms with Crippen molar-refractivity contribution in [2.75, 3.05) is 5.01 Å². The van der Waals surface area contributed by atoms with Crippen LogP contribution in [0.2, 0.25) is 0 Å². The van der Waals surface area contributed by atoms with Gasteiger partial charge in [0.05, 0.1) is 26.8 Å². The van der Waals surface area contributed by atoms with Crippen LogP contribution in [0.1, 0.15) is 12.7 Å². The van der Waals surface area contributed by atoms with E-state index >= 15 is 0 Å². The fraction of sp³-hybridized carbons (Fsp3) is 0.0476. The fourth-order valence-electron chi connectivity index (χ4n) is 3.17. The topological polar surface area (TPSA) is 149 Å². The predicted molar refractivity (Wildman–Crippen MR) is 125 cm³/mol. The largest absolute Gasteiger partial charge is 0.457 e. The van der Waals surface area contributed by atoms with E-state index in [9.17, 15) is 23.3 Å². The standard InChI is InChI=1S/C21H15BrN4O6S/c1-12-18(21(27)25(24-12)13-2-6-16(7-3-13)33(23,30)31)11-15-5-9-20(32-15)17-8-4-14(26(28)29)10-19(17)22/h2-11H,1H3,(H2,23,30,31). The third-order valence-corrected chi connectivity index (χ3v) is 6.40. The number of benzene rings is 2. The average molecular weight is 531 g/mol. The number of primary sulfonamides is 1. The Kier molecular flexibility index (Phi) is 5.74. The molecule has 1 amide bonds. The number of halogens is 1. The highest BCUT2D eigenvalue weighted by Gasteiger charge is 2.29. The molecule has 0 bridgehead atoms. The summed E-state index contributed by atoms with van der Waals surface area (Å²) >= 11 is 3.31. The van der Waals surface area contributed by atoms with Crippen molar-refractivity contribution >= 4 is 55.0 Å². The van der Waals surface area contributed by atoms with Gasteiger partial charge in [0.25, 0.3) is 11.6 Å². The molecule has 0 aliphatic carbocycles. The second-order valence-electron chi connectivity index (χ2n) is 7.02. The molecule has 3 aromatic rings. The highest BCUT2D eigenvalue weighted by atomic mass is 79.9. The van der Waals surface area contributed by atoms with Crippen molar-refractivity contribution < 1.29 is 22.6 Å². The maximum Gasteiger partial charge on any atom is 0.280 e. The summed E-state index contributed by atoms with van der Waals surface area (Å²) in [6, 6.07) is 13.1. The number of nitro groups is 1. The number of rotatable bonds is 5. The lowest BCUT2D eigenvalue weighted by Crippen LogP contribution is -2.21. The highest BCUT2D eigenvalue weighted by molar-refractivity contribution is 9.10. The minimum atomic E-state index is -3.85. The van der Waals surface area contributed by atoms with E-state index < -0.39 is 20.9 Å². The number of carbonyl (C=O) groups is 1. The number of sulfonamides is 1. The van der Waals surface area contributed by atoms with Gasteiger partial charge in [0.1, 0.15) is 11.5 Å². The first-order valence-electron chi connectivity index (χ1n) is 9.33. The van der Waals surface area contributed by atoms with Crippen molar-refractivity contribution in [1.29, 1.82) is 0 Å². The third-order valence-electron chi connectivity index (χ3n) is 4.81. The zero-order valence-corrected chi connectivity index (χ0v) is 19.3. The quantitative estimate of drug-likeness (QED) is 0.298. The van der Waals surface area contributed by atoms with Gasteiger partial charge in [-0.3, -0.25) is 14.9 Å². The van der Waals surface area contributed by atoms with Crippen LogP contribution in [0.4, 0.5) is 11.4 Å². The van der Waals surface area contributed by atoms with Gasteiger partial charge in [-0.1, -0.05) is 0 Å². The molecule has 33 heavy (non-hydrogen) atoms. The van der Waals surface area contributed by atoms with Crippen LogP contribution in [0.3, 0.4) is 0 Å². The number of anilines is 1. The molecule has 0 spiro atoms. The maximum absolute atomic E-state index is 12.9. The Balaban J connectivity index is 1.60. The zero-order chi connectivity index (χ0) is 23.9. The molecule has 1 aliphatic heterocycles. The molecule has 2 heterocycles. The summed E-state index contributed by atoms with van der Waals surface area (Å²) in [5.41, 5.74) is 1.69. The maximum atomic E-state index is 12.9. The van der Waals surface area contributed by atoms with E-state index in [-0.39, 0.29) is 10.6 Å². The van der Waals surface area contributed by atoms with E-state index in [2.05, 4.69) is 21.0 Å². The minimum absolute atomic E-state index is 0.0555. The Morgan fingerprint density at radius 2 is 1.85 bits per heavy atom. The number of furan rings is 1. The van der Waals surface area contributed by atoms with E-state index in [4.69, 9.17) is 9.56 Å². The molecule has 1 aliphatic rings. The van der Waals surface area contributed by atoms with Crippen LogP contribution in [0.5, 0.6) is 0 Å². The Morgan fingerprint density at radius 1 is 1.15 bits per heavy atom. The van der Waals surface area contributed by atoms with Crippen molar-refractivity contribution in [3.8, 4) is 11.3 Å². The lowest BCUT2D eigenvalue weighted by atomic mass is 10.1. The second-order valence-corrected chi connectivity index (χ2v) is 9.44. The fourth-order valence-corrected chi connectivity index (χ4v) is 4.25. The molecule has 0 saturated carbocycles. The number of non-ortho nitro benzene ring substituents is 1. The number of hydrazone groups is 1. The molecule has 0 atom stereocenters. The number of hydrogen-bond acceptors (Lipinski definition) is 7. The Morgan fingerprint density at radius 3 is 2.45 bits per heavy atom. The normalized spacial score (nSPS) is 15.2. The molecule has 12 heteroatoms. The molecule has 0 unspecified atom stereocenters. The van der Waals surface area contributed by atoms with Gasteiger partial charge in [-0.2, -0.15) is 10.1 Å². The van der Waals surface area contributed by atoms with Gasteiger partial charge in [0.2, 0.25) is 10.0 Å². The number of hydrogen-bond donors (Lipinski definition) is 1. The van der Waals surface area contributed by atoms with E-state index in [0.717, 1.165) is 5.01 Å². The van der Waals surface area contributed by atoms with Gasteiger partial charge in [-0.15, -0.1) is 0 Å². The number of nitro benzene ring substituents is 1. The van der Waals surface area contributed by atoms with Crippen LogP contribution in [0.15, 0.2) is 79.1 Å². The number of carbonyl (C=O) groups excluding carboxylic acids is 1. The van der Waals surface area contributed by atoms with Crippen molar-refractivity contribution in [1.82, 2.24) is 0 Å². The molecule has 4 rings (SSSR count). The van der Waals surface area contributed by atoms with Crippen LogP contribution in [-0.2, 0) is 14.8 Å². The molecule has 0 saturated heterocycles. The summed E-state index contributed by atoms with van der Waals surface area (Å²) in [5, 5.41) is 21.4. The minimum Gasteiger partial charge on any atom is -0.457 e. The highest BCUT2D eigenvalue weighted by Crippen LogP contribution is 2.33. The Labute approximate surface area is 196 Å². The Hall–Kier alpha value is -3.61. The SMILES string of the molecule is CC1=NN(c2ccc(S(N)(=O)=O)cc2)C(=O)C1=Cc1ccc(-c2ccc([N+](=O)[O-])cc2Br)o1. The summed E-state index contributed by atoms with van der Waals surface area (Å²) in [6.45, 7) is 1.67. The number of nitrogens with zero attached hydrogens (tertiary/aromatic N) is 3. The molecular formula is C21H15BrN4O6S. The summed E-state index contributed by atoms with van der Waals surface area (Å²) in [6.07, 6.45) is 1.54. The molecular weight excluding hydrogens is 516 g/mol. The molecule has 2 N–H and O–H groups in total. The van der Waals surface area contributed by atoms with Crippen LogP contribution in [0.25, 0.3) is 17.4 Å². The van der Waals surface area contributed by atoms with Gasteiger partial charge in [-0.05, 0) is 71.4 Å². The van der Waals surface area contributed by atoms with Gasteiger partial charge in [0.15, 0.2) is 0 Å². The van der Waals surface area contributed by atoms with E-state index in [1.54, 1.807) is 31.2 Å². The van der Waals surface area contributed by atoms with Crippen LogP contribution < -0.4 is 10.1 Å². The number of nitrogens with two attached hydrogens (primary N) is 1. The third kappa shape index (κ3) is 4.49. The first kappa shape index (κ1) is 22.6. The van der Waals surface area contributed by atoms with Crippen LogP contribution in [0, 0.1) is 10.1 Å². The Bertz CT molecular complexity index is 1460. The second kappa shape index (κ2) is 8.39. The molecule has 0 radical (unpaired) electrons. The summed E-state index contributed by atoms with van der Waals surface area (Å²) in [5.74, 6) is 0.434. The van der Waals surface area contributed by atoms with E-state index in [1.165, 1.54) is 36.4 Å². The van der Waals surface area contributed by atoms with Crippen molar-refractivity contribution in [2.24, 2.45) is 10.2 Å². The monoisotopic (exact) mass is 530 g/mol. The smallest absolute Gasteiger partial charge is 0.280 e. The summed E-state index contributed by atoms with van der Waals surface area (Å²) in [7, 11) is -3.85. The van der Waals surface area contributed by atoms with Gasteiger partial charge < -0.3 is 4.42 Å². The van der Waals surface area contributed by atoms with Crippen molar-refractivity contribution in [3.63, 3.8) is 0 Å². The average Bonchev–Trinajstić information content (AvgIpc) is 3.33. The van der Waals surface area contributed by atoms with E-state index in [0.29, 0.717) is 38.5 Å².